The van der Waals surface area contributed by atoms with Gasteiger partial charge in [0.1, 0.15) is 5.82 Å². The molecule has 18 heavy (non-hydrogen) atoms. The first-order valence-corrected chi connectivity index (χ1v) is 6.82. The average molecular weight is 257 g/mol. The molecule has 0 spiro atoms. The highest BCUT2D eigenvalue weighted by atomic mass is 32.1. The van der Waals surface area contributed by atoms with E-state index in [-0.39, 0.29) is 0 Å². The number of hydrogen-bond acceptors (Lipinski definition) is 3. The van der Waals surface area contributed by atoms with Gasteiger partial charge in [0.15, 0.2) is 0 Å². The SMILES string of the molecule is Cn1c(Cc2cccs2)nc2ccc(CN)cc21. The number of thiophene rings is 1. The van der Waals surface area contributed by atoms with Crippen molar-refractivity contribution >= 4 is 22.4 Å². The summed E-state index contributed by atoms with van der Waals surface area (Å²) in [7, 11) is 2.07. The normalized spacial score (nSPS) is 11.2. The summed E-state index contributed by atoms with van der Waals surface area (Å²) in [5.41, 5.74) is 9.03. The zero-order valence-corrected chi connectivity index (χ0v) is 11.1. The van der Waals surface area contributed by atoms with Crippen LogP contribution in [0.3, 0.4) is 0 Å². The quantitative estimate of drug-likeness (QED) is 0.784. The van der Waals surface area contributed by atoms with E-state index in [2.05, 4.69) is 41.3 Å². The molecule has 92 valence electrons. The van der Waals surface area contributed by atoms with Gasteiger partial charge >= 0.3 is 0 Å². The molecule has 0 aliphatic heterocycles. The number of rotatable bonds is 3. The van der Waals surface area contributed by atoms with Crippen LogP contribution in [-0.4, -0.2) is 9.55 Å². The van der Waals surface area contributed by atoms with Gasteiger partial charge in [-0.15, -0.1) is 11.3 Å². The molecule has 0 atom stereocenters. The Morgan fingerprint density at radius 1 is 1.33 bits per heavy atom. The van der Waals surface area contributed by atoms with Crippen LogP contribution >= 0.6 is 11.3 Å². The molecule has 3 nitrogen and oxygen atoms in total. The summed E-state index contributed by atoms with van der Waals surface area (Å²) >= 11 is 1.77. The summed E-state index contributed by atoms with van der Waals surface area (Å²) in [4.78, 5) is 6.03. The fourth-order valence-corrected chi connectivity index (χ4v) is 2.84. The molecule has 0 aliphatic carbocycles. The molecule has 2 heterocycles. The summed E-state index contributed by atoms with van der Waals surface area (Å²) in [5, 5.41) is 2.10. The lowest BCUT2D eigenvalue weighted by atomic mass is 10.2. The van der Waals surface area contributed by atoms with Crippen LogP contribution in [0, 0.1) is 0 Å². The van der Waals surface area contributed by atoms with Crippen LogP contribution in [0.1, 0.15) is 16.3 Å². The Balaban J connectivity index is 2.05. The van der Waals surface area contributed by atoms with E-state index in [4.69, 9.17) is 10.7 Å². The molecule has 1 aromatic carbocycles. The monoisotopic (exact) mass is 257 g/mol. The van der Waals surface area contributed by atoms with Gasteiger partial charge in [0.05, 0.1) is 11.0 Å². The van der Waals surface area contributed by atoms with Crippen LogP contribution in [0.4, 0.5) is 0 Å². The van der Waals surface area contributed by atoms with Gasteiger partial charge < -0.3 is 10.3 Å². The van der Waals surface area contributed by atoms with Crippen molar-refractivity contribution < 1.29 is 0 Å². The second-order valence-electron chi connectivity index (χ2n) is 4.37. The topological polar surface area (TPSA) is 43.8 Å². The lowest BCUT2D eigenvalue weighted by molar-refractivity contribution is 0.849. The van der Waals surface area contributed by atoms with Crippen LogP contribution in [-0.2, 0) is 20.0 Å². The Hall–Kier alpha value is -1.65. The number of imidazole rings is 1. The third-order valence-corrected chi connectivity index (χ3v) is 4.06. The first kappa shape index (κ1) is 11.4. The lowest BCUT2D eigenvalue weighted by Gasteiger charge is -2.01. The highest BCUT2D eigenvalue weighted by Gasteiger charge is 2.09. The minimum atomic E-state index is 0.571. The van der Waals surface area contributed by atoms with Crippen molar-refractivity contribution in [1.29, 1.82) is 0 Å². The fraction of sp³-hybridized carbons (Fsp3) is 0.214. The van der Waals surface area contributed by atoms with Crippen molar-refractivity contribution in [3.05, 3.63) is 52.0 Å². The van der Waals surface area contributed by atoms with Crippen LogP contribution in [0.5, 0.6) is 0 Å². The molecule has 0 fully saturated rings. The van der Waals surface area contributed by atoms with Crippen molar-refractivity contribution in [3.63, 3.8) is 0 Å². The molecular formula is C14H15N3S. The number of nitrogens with zero attached hydrogens (tertiary/aromatic N) is 2. The van der Waals surface area contributed by atoms with Gasteiger partial charge in [-0.05, 0) is 29.1 Å². The van der Waals surface area contributed by atoms with Crippen molar-refractivity contribution in [2.75, 3.05) is 0 Å². The highest BCUT2D eigenvalue weighted by Crippen LogP contribution is 2.20. The predicted molar refractivity (Wildman–Crippen MR) is 75.7 cm³/mol. The van der Waals surface area contributed by atoms with Gasteiger partial charge in [0, 0.05) is 24.9 Å². The molecule has 3 rings (SSSR count). The molecule has 0 amide bonds. The summed E-state index contributed by atoms with van der Waals surface area (Å²) in [6, 6.07) is 10.4. The molecule has 0 saturated heterocycles. The van der Waals surface area contributed by atoms with Gasteiger partial charge in [-0.2, -0.15) is 0 Å². The number of benzene rings is 1. The predicted octanol–water partition coefficient (Wildman–Crippen LogP) is 2.68. The Morgan fingerprint density at radius 2 is 2.22 bits per heavy atom. The molecule has 0 aliphatic rings. The first-order valence-electron chi connectivity index (χ1n) is 5.94. The highest BCUT2D eigenvalue weighted by molar-refractivity contribution is 7.09. The molecule has 2 aromatic heterocycles. The lowest BCUT2D eigenvalue weighted by Crippen LogP contribution is -1.99. The van der Waals surface area contributed by atoms with Gasteiger partial charge in [-0.1, -0.05) is 12.1 Å². The average Bonchev–Trinajstić information content (AvgIpc) is 2.99. The third kappa shape index (κ3) is 1.94. The summed E-state index contributed by atoms with van der Waals surface area (Å²) in [6.45, 7) is 0.571. The zero-order chi connectivity index (χ0) is 12.5. The van der Waals surface area contributed by atoms with Crippen molar-refractivity contribution in [2.45, 2.75) is 13.0 Å². The third-order valence-electron chi connectivity index (χ3n) is 3.19. The van der Waals surface area contributed by atoms with E-state index in [1.165, 1.54) is 4.88 Å². The Bertz CT molecular complexity index is 668. The van der Waals surface area contributed by atoms with Crippen LogP contribution in [0.15, 0.2) is 35.7 Å². The Morgan fingerprint density at radius 3 is 2.94 bits per heavy atom. The Labute approximate surface area is 110 Å². The van der Waals surface area contributed by atoms with Gasteiger partial charge in [-0.3, -0.25) is 0 Å². The first-order chi connectivity index (χ1) is 8.78. The number of nitrogens with two attached hydrogens (primary N) is 1. The number of aryl methyl sites for hydroxylation is 1. The van der Waals surface area contributed by atoms with Crippen molar-refractivity contribution in [2.24, 2.45) is 12.8 Å². The van der Waals surface area contributed by atoms with E-state index in [9.17, 15) is 0 Å². The maximum Gasteiger partial charge on any atom is 0.114 e. The van der Waals surface area contributed by atoms with E-state index in [0.717, 1.165) is 28.8 Å². The van der Waals surface area contributed by atoms with Gasteiger partial charge in [-0.25, -0.2) is 4.98 Å². The van der Waals surface area contributed by atoms with E-state index in [1.54, 1.807) is 11.3 Å². The smallest absolute Gasteiger partial charge is 0.114 e. The van der Waals surface area contributed by atoms with E-state index >= 15 is 0 Å². The van der Waals surface area contributed by atoms with E-state index in [1.807, 2.05) is 6.07 Å². The zero-order valence-electron chi connectivity index (χ0n) is 10.3. The molecule has 0 radical (unpaired) electrons. The number of hydrogen-bond donors (Lipinski definition) is 1. The van der Waals surface area contributed by atoms with Crippen LogP contribution in [0.2, 0.25) is 0 Å². The number of aromatic nitrogens is 2. The molecule has 0 unspecified atom stereocenters. The maximum atomic E-state index is 5.68. The molecule has 0 bridgehead atoms. The molecule has 4 heteroatoms. The fourth-order valence-electron chi connectivity index (χ4n) is 2.14. The summed E-state index contributed by atoms with van der Waals surface area (Å²) < 4.78 is 2.16. The van der Waals surface area contributed by atoms with Gasteiger partial charge in [0.2, 0.25) is 0 Å². The second-order valence-corrected chi connectivity index (χ2v) is 5.40. The van der Waals surface area contributed by atoms with Crippen LogP contribution < -0.4 is 5.73 Å². The summed E-state index contributed by atoms with van der Waals surface area (Å²) in [5.74, 6) is 1.10. The minimum Gasteiger partial charge on any atom is -0.331 e. The van der Waals surface area contributed by atoms with Gasteiger partial charge in [0.25, 0.3) is 0 Å². The minimum absolute atomic E-state index is 0.571. The van der Waals surface area contributed by atoms with Crippen molar-refractivity contribution in [3.8, 4) is 0 Å². The van der Waals surface area contributed by atoms with Crippen LogP contribution in [0.25, 0.3) is 11.0 Å². The Kier molecular flexibility index (Phi) is 2.89. The largest absolute Gasteiger partial charge is 0.331 e. The van der Waals surface area contributed by atoms with E-state index in [0.29, 0.717) is 6.54 Å². The van der Waals surface area contributed by atoms with Crippen molar-refractivity contribution in [1.82, 2.24) is 9.55 Å². The maximum absolute atomic E-state index is 5.68. The summed E-state index contributed by atoms with van der Waals surface area (Å²) in [6.07, 6.45) is 0.890. The molecular weight excluding hydrogens is 242 g/mol. The molecule has 2 N–H and O–H groups in total. The van der Waals surface area contributed by atoms with E-state index < -0.39 is 0 Å². The number of fused-ring (bicyclic) bond motifs is 1. The molecule has 3 aromatic rings. The molecule has 0 saturated carbocycles. The standard InChI is InChI=1S/C14H15N3S/c1-17-13-7-10(9-15)4-5-12(13)16-14(17)8-11-3-2-6-18-11/h2-7H,8-9,15H2,1H3. The second kappa shape index (κ2) is 4.55.